The van der Waals surface area contributed by atoms with Crippen LogP contribution in [0.3, 0.4) is 0 Å². The molecular weight excluding hydrogens is 429 g/mol. The second-order valence-corrected chi connectivity index (χ2v) is 8.69. The molecule has 0 bridgehead atoms. The highest BCUT2D eigenvalue weighted by Gasteiger charge is 2.25. The highest BCUT2D eigenvalue weighted by molar-refractivity contribution is 6.23. The van der Waals surface area contributed by atoms with Gasteiger partial charge in [0, 0.05) is 11.1 Å². The van der Waals surface area contributed by atoms with Gasteiger partial charge >= 0.3 is 12.1 Å². The van der Waals surface area contributed by atoms with Crippen LogP contribution in [0.1, 0.15) is 40.5 Å². The number of ether oxygens (including phenoxy) is 3. The van der Waals surface area contributed by atoms with E-state index in [0.29, 0.717) is 30.0 Å². The fourth-order valence-corrected chi connectivity index (χ4v) is 2.85. The summed E-state index contributed by atoms with van der Waals surface area (Å²) >= 11 is 12.3. The van der Waals surface area contributed by atoms with Gasteiger partial charge in [0.1, 0.15) is 12.4 Å². The van der Waals surface area contributed by atoms with E-state index in [0.717, 1.165) is 6.42 Å². The zero-order chi connectivity index (χ0) is 22.7. The molecule has 0 saturated heterocycles. The molecule has 1 aromatic rings. The van der Waals surface area contributed by atoms with Crippen LogP contribution < -0.4 is 10.1 Å². The minimum absolute atomic E-state index is 0.0272. The molecule has 0 spiro atoms. The van der Waals surface area contributed by atoms with Crippen LogP contribution >= 0.6 is 23.2 Å². The van der Waals surface area contributed by atoms with Crippen molar-refractivity contribution < 1.29 is 23.8 Å². The van der Waals surface area contributed by atoms with E-state index in [9.17, 15) is 9.59 Å². The molecule has 1 aromatic carbocycles. The van der Waals surface area contributed by atoms with Crippen LogP contribution in [0.5, 0.6) is 5.75 Å². The van der Waals surface area contributed by atoms with Crippen molar-refractivity contribution in [3.05, 3.63) is 36.4 Å². The summed E-state index contributed by atoms with van der Waals surface area (Å²) in [5.74, 6) is 0.138. The van der Waals surface area contributed by atoms with Gasteiger partial charge in [0.15, 0.2) is 0 Å². The van der Waals surface area contributed by atoms with Crippen LogP contribution in [-0.2, 0) is 14.3 Å². The van der Waals surface area contributed by atoms with E-state index in [1.807, 2.05) is 20.8 Å². The topological polar surface area (TPSA) is 73.9 Å². The Labute approximate surface area is 188 Å². The molecule has 3 unspecified atom stereocenters. The van der Waals surface area contributed by atoms with Crippen molar-refractivity contribution in [2.75, 3.05) is 18.5 Å². The normalized spacial score (nSPS) is 13.8. The predicted molar refractivity (Wildman–Crippen MR) is 121 cm³/mol. The van der Waals surface area contributed by atoms with Crippen LogP contribution in [0.25, 0.3) is 0 Å². The van der Waals surface area contributed by atoms with Crippen molar-refractivity contribution in [3.63, 3.8) is 0 Å². The molecule has 1 rings (SSSR count). The van der Waals surface area contributed by atoms with Crippen LogP contribution in [-0.4, -0.2) is 42.1 Å². The van der Waals surface area contributed by atoms with E-state index in [1.54, 1.807) is 31.2 Å². The standard InChI is InChI=1S/C22H31Cl2NO5/c1-6-16(23)11-17(24)13-28-19-9-7-18(8-10-19)25-22(27)30-20(15(4)5)21(26)29-12-14(2)3/h7-10,14,16-17,20H,4,6,11-13H2,1-3,5H3,(H,25,27). The third-order valence-corrected chi connectivity index (χ3v) is 4.72. The van der Waals surface area contributed by atoms with Gasteiger partial charge in [0.05, 0.1) is 12.0 Å². The molecule has 6 nitrogen and oxygen atoms in total. The minimum Gasteiger partial charge on any atom is -0.492 e. The Bertz CT molecular complexity index is 693. The average Bonchev–Trinajstić information content (AvgIpc) is 2.69. The fraction of sp³-hybridized carbons (Fsp3) is 0.545. The lowest BCUT2D eigenvalue weighted by molar-refractivity contribution is -0.152. The Morgan fingerprint density at radius 1 is 1.10 bits per heavy atom. The van der Waals surface area contributed by atoms with E-state index >= 15 is 0 Å². The van der Waals surface area contributed by atoms with Crippen LogP contribution in [0.15, 0.2) is 36.4 Å². The number of carbonyl (C=O) groups excluding carboxylic acids is 2. The van der Waals surface area contributed by atoms with Crippen molar-refractivity contribution in [2.45, 2.75) is 57.4 Å². The summed E-state index contributed by atoms with van der Waals surface area (Å²) in [6.45, 7) is 11.7. The summed E-state index contributed by atoms with van der Waals surface area (Å²) in [6, 6.07) is 6.71. The summed E-state index contributed by atoms with van der Waals surface area (Å²) in [7, 11) is 0. The number of anilines is 1. The monoisotopic (exact) mass is 459 g/mol. The maximum absolute atomic E-state index is 12.2. The van der Waals surface area contributed by atoms with Crippen molar-refractivity contribution in [2.24, 2.45) is 5.92 Å². The van der Waals surface area contributed by atoms with Crippen LogP contribution in [0, 0.1) is 5.92 Å². The lowest BCUT2D eigenvalue weighted by atomic mass is 10.2. The first kappa shape index (κ1) is 26.1. The first-order chi connectivity index (χ1) is 14.1. The van der Waals surface area contributed by atoms with Crippen molar-refractivity contribution in [1.82, 2.24) is 0 Å². The SMILES string of the molecule is C=C(C)C(OC(=O)Nc1ccc(OCC(Cl)CC(Cl)CC)cc1)C(=O)OCC(C)C. The molecule has 0 aliphatic carbocycles. The van der Waals surface area contributed by atoms with Gasteiger partial charge in [-0.1, -0.05) is 27.4 Å². The zero-order valence-electron chi connectivity index (χ0n) is 18.0. The first-order valence-corrected chi connectivity index (χ1v) is 10.8. The Morgan fingerprint density at radius 2 is 1.73 bits per heavy atom. The Balaban J connectivity index is 2.54. The number of hydrogen-bond acceptors (Lipinski definition) is 5. The molecule has 168 valence electrons. The lowest BCUT2D eigenvalue weighted by Gasteiger charge is -2.18. The summed E-state index contributed by atoms with van der Waals surface area (Å²) in [5.41, 5.74) is 0.859. The van der Waals surface area contributed by atoms with E-state index in [1.165, 1.54) is 0 Å². The number of hydrogen-bond donors (Lipinski definition) is 1. The van der Waals surface area contributed by atoms with Gasteiger partial charge < -0.3 is 14.2 Å². The molecule has 0 saturated carbocycles. The molecule has 0 aliphatic heterocycles. The highest BCUT2D eigenvalue weighted by atomic mass is 35.5. The maximum Gasteiger partial charge on any atom is 0.412 e. The third kappa shape index (κ3) is 10.2. The van der Waals surface area contributed by atoms with Gasteiger partial charge in [0.25, 0.3) is 0 Å². The van der Waals surface area contributed by atoms with E-state index in [-0.39, 0.29) is 23.3 Å². The number of halogens is 2. The Kier molecular flexibility index (Phi) is 11.7. The maximum atomic E-state index is 12.2. The molecule has 0 aliphatic rings. The summed E-state index contributed by atoms with van der Waals surface area (Å²) in [4.78, 5) is 24.3. The molecule has 8 heteroatoms. The summed E-state index contributed by atoms with van der Waals surface area (Å²) in [5, 5.41) is 2.41. The molecule has 0 aromatic heterocycles. The summed E-state index contributed by atoms with van der Waals surface area (Å²) in [6.07, 6.45) is -0.440. The first-order valence-electron chi connectivity index (χ1n) is 9.93. The predicted octanol–water partition coefficient (Wildman–Crippen LogP) is 5.77. The third-order valence-electron chi connectivity index (χ3n) is 3.93. The minimum atomic E-state index is -1.17. The zero-order valence-corrected chi connectivity index (χ0v) is 19.5. The van der Waals surface area contributed by atoms with E-state index < -0.39 is 18.2 Å². The van der Waals surface area contributed by atoms with Gasteiger partial charge in [-0.05, 0) is 55.5 Å². The molecule has 1 N–H and O–H groups in total. The Hall–Kier alpha value is -1.92. The fourth-order valence-electron chi connectivity index (χ4n) is 2.26. The number of amides is 1. The van der Waals surface area contributed by atoms with Gasteiger partial charge in [-0.25, -0.2) is 9.59 Å². The number of esters is 1. The molecule has 3 atom stereocenters. The van der Waals surface area contributed by atoms with Crippen LogP contribution in [0.4, 0.5) is 10.5 Å². The van der Waals surface area contributed by atoms with Gasteiger partial charge in [-0.2, -0.15) is 0 Å². The molecule has 1 amide bonds. The van der Waals surface area contributed by atoms with Gasteiger partial charge in [0.2, 0.25) is 6.10 Å². The molecule has 0 fully saturated rings. The van der Waals surface area contributed by atoms with E-state index in [2.05, 4.69) is 11.9 Å². The average molecular weight is 460 g/mol. The molecule has 30 heavy (non-hydrogen) atoms. The number of carbonyl (C=O) groups is 2. The number of benzene rings is 1. The second-order valence-electron chi connectivity index (χ2n) is 7.45. The van der Waals surface area contributed by atoms with Crippen molar-refractivity contribution in [1.29, 1.82) is 0 Å². The lowest BCUT2D eigenvalue weighted by Crippen LogP contribution is -2.32. The van der Waals surface area contributed by atoms with Crippen molar-refractivity contribution in [3.8, 4) is 5.75 Å². The number of rotatable bonds is 12. The molecular formula is C22H31Cl2NO5. The highest BCUT2D eigenvalue weighted by Crippen LogP contribution is 2.19. The molecule has 0 radical (unpaired) electrons. The van der Waals surface area contributed by atoms with Crippen molar-refractivity contribution >= 4 is 41.0 Å². The molecule has 0 heterocycles. The van der Waals surface area contributed by atoms with E-state index in [4.69, 9.17) is 37.4 Å². The summed E-state index contributed by atoms with van der Waals surface area (Å²) < 4.78 is 16.0. The second kappa shape index (κ2) is 13.4. The number of nitrogens with one attached hydrogen (secondary N) is 1. The quantitative estimate of drug-likeness (QED) is 0.243. The Morgan fingerprint density at radius 3 is 2.27 bits per heavy atom. The van der Waals surface area contributed by atoms with Crippen LogP contribution in [0.2, 0.25) is 0 Å². The largest absolute Gasteiger partial charge is 0.492 e. The van der Waals surface area contributed by atoms with Gasteiger partial charge in [-0.15, -0.1) is 23.2 Å². The van der Waals surface area contributed by atoms with Gasteiger partial charge in [-0.3, -0.25) is 5.32 Å². The smallest absolute Gasteiger partial charge is 0.412 e. The number of alkyl halides is 2.